The molecule has 0 aliphatic heterocycles. The van der Waals surface area contributed by atoms with E-state index in [2.05, 4.69) is 21.2 Å². The summed E-state index contributed by atoms with van der Waals surface area (Å²) in [7, 11) is 0. The van der Waals surface area contributed by atoms with E-state index in [0.717, 1.165) is 15.7 Å². The predicted octanol–water partition coefficient (Wildman–Crippen LogP) is 3.78. The minimum Gasteiger partial charge on any atom is -0.324 e. The van der Waals surface area contributed by atoms with E-state index in [0.29, 0.717) is 5.69 Å². The first-order chi connectivity index (χ1) is 11.6. The molecule has 0 bridgehead atoms. The van der Waals surface area contributed by atoms with Crippen LogP contribution in [0.25, 0.3) is 5.69 Å². The normalized spacial score (nSPS) is 10.4. The number of amides is 1. The van der Waals surface area contributed by atoms with Crippen LogP contribution in [0.5, 0.6) is 0 Å². The maximum atomic E-state index is 12.2. The molecule has 0 aliphatic carbocycles. The Kier molecular flexibility index (Phi) is 4.91. The minimum atomic E-state index is -0.147. The van der Waals surface area contributed by atoms with E-state index in [1.54, 1.807) is 12.3 Å². The molecule has 4 nitrogen and oxygen atoms in total. The number of anilines is 1. The van der Waals surface area contributed by atoms with Gasteiger partial charge in [0.05, 0.1) is 12.1 Å². The van der Waals surface area contributed by atoms with Crippen molar-refractivity contribution in [3.63, 3.8) is 0 Å². The molecule has 2 aromatic carbocycles. The van der Waals surface area contributed by atoms with Gasteiger partial charge in [0.15, 0.2) is 0 Å². The Balaban J connectivity index is 1.78. The molecular weight excluding hydrogens is 368 g/mol. The number of para-hydroxylation sites is 1. The number of benzene rings is 2. The van der Waals surface area contributed by atoms with Crippen LogP contribution in [0.1, 0.15) is 5.56 Å². The molecule has 0 saturated heterocycles. The number of pyridine rings is 1. The van der Waals surface area contributed by atoms with E-state index in [-0.39, 0.29) is 17.9 Å². The summed E-state index contributed by atoms with van der Waals surface area (Å²) in [6, 6.07) is 20.0. The zero-order valence-corrected chi connectivity index (χ0v) is 14.4. The lowest BCUT2D eigenvalue weighted by atomic mass is 10.1. The highest BCUT2D eigenvalue weighted by Crippen LogP contribution is 2.13. The molecule has 0 spiro atoms. The third kappa shape index (κ3) is 4.00. The molecule has 1 aromatic heterocycles. The number of nitrogens with zero attached hydrogens (tertiary/aromatic N) is 1. The molecule has 0 radical (unpaired) electrons. The molecule has 120 valence electrons. The van der Waals surface area contributed by atoms with Gasteiger partial charge in [0.25, 0.3) is 5.56 Å². The smallest absolute Gasteiger partial charge is 0.255 e. The fourth-order valence-corrected chi connectivity index (χ4v) is 2.84. The molecule has 1 amide bonds. The van der Waals surface area contributed by atoms with Gasteiger partial charge in [-0.1, -0.05) is 46.3 Å². The standard InChI is InChI=1S/C19H15BrN2O2/c20-15-6-4-5-14(11-15)12-18(23)21-16-9-10-19(24)22(13-16)17-7-2-1-3-8-17/h1-11,13H,12H2,(H,21,23). The lowest BCUT2D eigenvalue weighted by Crippen LogP contribution is -2.20. The third-order valence-corrected chi connectivity index (χ3v) is 3.98. The Morgan fingerprint density at radius 1 is 1.00 bits per heavy atom. The van der Waals surface area contributed by atoms with E-state index in [1.165, 1.54) is 10.6 Å². The van der Waals surface area contributed by atoms with Gasteiger partial charge in [-0.05, 0) is 35.9 Å². The topological polar surface area (TPSA) is 51.1 Å². The van der Waals surface area contributed by atoms with Crippen molar-refractivity contribution in [1.29, 1.82) is 0 Å². The molecule has 1 N–H and O–H groups in total. The zero-order chi connectivity index (χ0) is 16.9. The second-order valence-electron chi connectivity index (χ2n) is 5.32. The summed E-state index contributed by atoms with van der Waals surface area (Å²) < 4.78 is 2.44. The molecule has 3 aromatic rings. The van der Waals surface area contributed by atoms with Crippen molar-refractivity contribution < 1.29 is 4.79 Å². The number of hydrogen-bond acceptors (Lipinski definition) is 2. The molecule has 24 heavy (non-hydrogen) atoms. The highest BCUT2D eigenvalue weighted by Gasteiger charge is 2.07. The van der Waals surface area contributed by atoms with Crippen LogP contribution >= 0.6 is 15.9 Å². The maximum absolute atomic E-state index is 12.2. The lowest BCUT2D eigenvalue weighted by Gasteiger charge is -2.10. The van der Waals surface area contributed by atoms with Crippen LogP contribution in [0.3, 0.4) is 0 Å². The Bertz CT molecular complexity index is 920. The van der Waals surface area contributed by atoms with Crippen LogP contribution in [0.15, 0.2) is 82.2 Å². The first-order valence-electron chi connectivity index (χ1n) is 7.44. The summed E-state index contributed by atoms with van der Waals surface area (Å²) in [5, 5.41) is 2.83. The zero-order valence-electron chi connectivity index (χ0n) is 12.8. The van der Waals surface area contributed by atoms with E-state index in [1.807, 2.05) is 54.6 Å². The summed E-state index contributed by atoms with van der Waals surface area (Å²) in [4.78, 5) is 24.2. The van der Waals surface area contributed by atoms with Crippen molar-refractivity contribution in [2.75, 3.05) is 5.32 Å². The second kappa shape index (κ2) is 7.27. The number of rotatable bonds is 4. The van der Waals surface area contributed by atoms with Gasteiger partial charge < -0.3 is 5.32 Å². The van der Waals surface area contributed by atoms with E-state index >= 15 is 0 Å². The SMILES string of the molecule is O=C(Cc1cccc(Br)c1)Nc1ccc(=O)n(-c2ccccc2)c1. The molecule has 0 saturated carbocycles. The monoisotopic (exact) mass is 382 g/mol. The quantitative estimate of drug-likeness (QED) is 0.746. The van der Waals surface area contributed by atoms with Crippen molar-refractivity contribution in [3.05, 3.63) is 93.3 Å². The van der Waals surface area contributed by atoms with Crippen LogP contribution in [0.4, 0.5) is 5.69 Å². The molecule has 5 heteroatoms. The third-order valence-electron chi connectivity index (χ3n) is 3.48. The van der Waals surface area contributed by atoms with Gasteiger partial charge in [0, 0.05) is 22.4 Å². The number of aromatic nitrogens is 1. The van der Waals surface area contributed by atoms with Gasteiger partial charge in [-0.2, -0.15) is 0 Å². The van der Waals surface area contributed by atoms with Gasteiger partial charge >= 0.3 is 0 Å². The van der Waals surface area contributed by atoms with Crippen molar-refractivity contribution in [3.8, 4) is 5.69 Å². The fraction of sp³-hybridized carbons (Fsp3) is 0.0526. The number of carbonyl (C=O) groups is 1. The van der Waals surface area contributed by atoms with Crippen molar-refractivity contribution in [2.45, 2.75) is 6.42 Å². The molecule has 0 atom stereocenters. The highest BCUT2D eigenvalue weighted by atomic mass is 79.9. The first kappa shape index (κ1) is 16.2. The molecule has 0 aliphatic rings. The van der Waals surface area contributed by atoms with Crippen LogP contribution in [-0.4, -0.2) is 10.5 Å². The lowest BCUT2D eigenvalue weighted by molar-refractivity contribution is -0.115. The molecule has 0 fully saturated rings. The molecule has 1 heterocycles. The summed E-state index contributed by atoms with van der Waals surface area (Å²) in [6.45, 7) is 0. The number of nitrogens with one attached hydrogen (secondary N) is 1. The Morgan fingerprint density at radius 2 is 1.79 bits per heavy atom. The Labute approximate surface area is 147 Å². The number of carbonyl (C=O) groups excluding carboxylic acids is 1. The van der Waals surface area contributed by atoms with E-state index < -0.39 is 0 Å². The van der Waals surface area contributed by atoms with Crippen molar-refractivity contribution in [1.82, 2.24) is 4.57 Å². The highest BCUT2D eigenvalue weighted by molar-refractivity contribution is 9.10. The largest absolute Gasteiger partial charge is 0.324 e. The maximum Gasteiger partial charge on any atom is 0.255 e. The summed E-state index contributed by atoms with van der Waals surface area (Å²) in [5.41, 5.74) is 2.11. The average Bonchev–Trinajstić information content (AvgIpc) is 2.57. The van der Waals surface area contributed by atoms with Crippen LogP contribution in [0, 0.1) is 0 Å². The van der Waals surface area contributed by atoms with Crippen molar-refractivity contribution in [2.24, 2.45) is 0 Å². The average molecular weight is 383 g/mol. The van der Waals surface area contributed by atoms with Gasteiger partial charge in [0.1, 0.15) is 0 Å². The Morgan fingerprint density at radius 3 is 2.54 bits per heavy atom. The fourth-order valence-electron chi connectivity index (χ4n) is 2.39. The number of hydrogen-bond donors (Lipinski definition) is 1. The first-order valence-corrected chi connectivity index (χ1v) is 8.23. The second-order valence-corrected chi connectivity index (χ2v) is 6.23. The van der Waals surface area contributed by atoms with Crippen LogP contribution in [0.2, 0.25) is 0 Å². The van der Waals surface area contributed by atoms with Gasteiger partial charge in [-0.3, -0.25) is 14.2 Å². The van der Waals surface area contributed by atoms with Crippen molar-refractivity contribution >= 4 is 27.5 Å². The Hall–Kier alpha value is -2.66. The van der Waals surface area contributed by atoms with E-state index in [9.17, 15) is 9.59 Å². The van der Waals surface area contributed by atoms with Gasteiger partial charge in [-0.15, -0.1) is 0 Å². The van der Waals surface area contributed by atoms with Crippen LogP contribution < -0.4 is 10.9 Å². The number of halogens is 1. The van der Waals surface area contributed by atoms with Gasteiger partial charge in [0.2, 0.25) is 5.91 Å². The predicted molar refractivity (Wildman–Crippen MR) is 98.5 cm³/mol. The summed E-state index contributed by atoms with van der Waals surface area (Å²) in [6.07, 6.45) is 1.90. The van der Waals surface area contributed by atoms with E-state index in [4.69, 9.17) is 0 Å². The molecule has 3 rings (SSSR count). The molecule has 0 unspecified atom stereocenters. The van der Waals surface area contributed by atoms with Gasteiger partial charge in [-0.25, -0.2) is 0 Å². The summed E-state index contributed by atoms with van der Waals surface area (Å²) in [5.74, 6) is -0.133. The minimum absolute atomic E-state index is 0.133. The molecular formula is C19H15BrN2O2. The van der Waals surface area contributed by atoms with Crippen LogP contribution in [-0.2, 0) is 11.2 Å². The summed E-state index contributed by atoms with van der Waals surface area (Å²) >= 11 is 3.39.